The molecule has 1 saturated carbocycles. The van der Waals surface area contributed by atoms with Crippen LogP contribution in [0.5, 0.6) is 0 Å². The standard InChI is InChI=1S/C18H24O/c1-14(12-13-16-8-4-3-5-9-16)15(2)17-10-6-7-11-18(17)19/h3-5,8-9,12-15,17H,6-7,10-11H2,1-2H3/b13-12+. The van der Waals surface area contributed by atoms with Gasteiger partial charge in [-0.05, 0) is 30.2 Å². The molecule has 0 saturated heterocycles. The molecule has 1 aromatic carbocycles. The van der Waals surface area contributed by atoms with Crippen LogP contribution in [0.2, 0.25) is 0 Å². The number of carbonyl (C=O) groups excluding carboxylic acids is 1. The fourth-order valence-corrected chi connectivity index (χ4v) is 2.93. The lowest BCUT2D eigenvalue weighted by Gasteiger charge is -2.29. The Kier molecular flexibility index (Phi) is 4.95. The average Bonchev–Trinajstić information content (AvgIpc) is 2.45. The number of carbonyl (C=O) groups is 1. The van der Waals surface area contributed by atoms with E-state index in [1.165, 1.54) is 12.0 Å². The predicted molar refractivity (Wildman–Crippen MR) is 80.8 cm³/mol. The van der Waals surface area contributed by atoms with E-state index < -0.39 is 0 Å². The van der Waals surface area contributed by atoms with Crippen LogP contribution in [0.25, 0.3) is 6.08 Å². The van der Waals surface area contributed by atoms with Gasteiger partial charge in [0.15, 0.2) is 0 Å². The lowest BCUT2D eigenvalue weighted by atomic mass is 9.75. The summed E-state index contributed by atoms with van der Waals surface area (Å²) in [6, 6.07) is 10.4. The molecule has 0 aromatic heterocycles. The van der Waals surface area contributed by atoms with Gasteiger partial charge in [-0.2, -0.15) is 0 Å². The molecule has 0 spiro atoms. The number of rotatable bonds is 4. The van der Waals surface area contributed by atoms with Gasteiger partial charge in [-0.15, -0.1) is 0 Å². The first-order valence-electron chi connectivity index (χ1n) is 7.44. The molecule has 19 heavy (non-hydrogen) atoms. The third-order valence-corrected chi connectivity index (χ3v) is 4.46. The Hall–Kier alpha value is -1.37. The van der Waals surface area contributed by atoms with E-state index in [0.29, 0.717) is 17.6 Å². The Morgan fingerprint density at radius 1 is 1.16 bits per heavy atom. The Bertz CT molecular complexity index is 432. The second kappa shape index (κ2) is 6.70. The van der Waals surface area contributed by atoms with E-state index >= 15 is 0 Å². The summed E-state index contributed by atoms with van der Waals surface area (Å²) < 4.78 is 0. The van der Waals surface area contributed by atoms with Crippen LogP contribution >= 0.6 is 0 Å². The summed E-state index contributed by atoms with van der Waals surface area (Å²) in [7, 11) is 0. The van der Waals surface area contributed by atoms with Gasteiger partial charge >= 0.3 is 0 Å². The zero-order valence-corrected chi connectivity index (χ0v) is 12.0. The van der Waals surface area contributed by atoms with Gasteiger partial charge in [0.2, 0.25) is 0 Å². The van der Waals surface area contributed by atoms with Crippen LogP contribution in [0.15, 0.2) is 36.4 Å². The van der Waals surface area contributed by atoms with Gasteiger partial charge in [-0.25, -0.2) is 0 Å². The van der Waals surface area contributed by atoms with Gasteiger partial charge < -0.3 is 0 Å². The highest BCUT2D eigenvalue weighted by Gasteiger charge is 2.29. The minimum Gasteiger partial charge on any atom is -0.299 e. The molecule has 1 aromatic rings. The van der Waals surface area contributed by atoms with Gasteiger partial charge in [0, 0.05) is 12.3 Å². The number of benzene rings is 1. The number of ketones is 1. The van der Waals surface area contributed by atoms with E-state index in [2.05, 4.69) is 50.3 Å². The monoisotopic (exact) mass is 256 g/mol. The summed E-state index contributed by atoms with van der Waals surface area (Å²) in [4.78, 5) is 12.0. The lowest BCUT2D eigenvalue weighted by molar-refractivity contribution is -0.126. The molecular formula is C18H24O. The van der Waals surface area contributed by atoms with Crippen molar-refractivity contribution in [1.82, 2.24) is 0 Å². The van der Waals surface area contributed by atoms with E-state index in [1.54, 1.807) is 0 Å². The molecule has 1 fully saturated rings. The van der Waals surface area contributed by atoms with Crippen molar-refractivity contribution in [1.29, 1.82) is 0 Å². The molecule has 1 heteroatoms. The average molecular weight is 256 g/mol. The fourth-order valence-electron chi connectivity index (χ4n) is 2.93. The van der Waals surface area contributed by atoms with Crippen molar-refractivity contribution in [2.45, 2.75) is 39.5 Å². The molecule has 2 rings (SSSR count). The molecule has 0 radical (unpaired) electrons. The predicted octanol–water partition coefficient (Wildman–Crippen LogP) is 4.73. The van der Waals surface area contributed by atoms with Crippen LogP contribution < -0.4 is 0 Å². The minimum atomic E-state index is 0.282. The van der Waals surface area contributed by atoms with Crippen molar-refractivity contribution in [2.24, 2.45) is 17.8 Å². The van der Waals surface area contributed by atoms with Gasteiger partial charge in [0.1, 0.15) is 5.78 Å². The second-order valence-electron chi connectivity index (χ2n) is 5.81. The van der Waals surface area contributed by atoms with Gasteiger partial charge in [-0.1, -0.05) is 62.8 Å². The van der Waals surface area contributed by atoms with Crippen molar-refractivity contribution in [2.75, 3.05) is 0 Å². The Morgan fingerprint density at radius 2 is 1.89 bits per heavy atom. The van der Waals surface area contributed by atoms with Crippen LogP contribution in [0.1, 0.15) is 45.1 Å². The molecule has 0 heterocycles. The van der Waals surface area contributed by atoms with E-state index in [-0.39, 0.29) is 5.92 Å². The molecule has 1 aliphatic rings. The fraction of sp³-hybridized carbons (Fsp3) is 0.500. The molecule has 0 aliphatic heterocycles. The Balaban J connectivity index is 1.97. The number of Topliss-reactive ketones (excluding diaryl/α,β-unsaturated/α-hetero) is 1. The quantitative estimate of drug-likeness (QED) is 0.761. The van der Waals surface area contributed by atoms with Crippen LogP contribution in [-0.2, 0) is 4.79 Å². The Labute approximate surface area is 116 Å². The SMILES string of the molecule is CC(/C=C/c1ccccc1)C(C)C1CCCCC1=O. The maximum absolute atomic E-state index is 12.0. The largest absolute Gasteiger partial charge is 0.299 e. The summed E-state index contributed by atoms with van der Waals surface area (Å²) in [6.45, 7) is 4.46. The van der Waals surface area contributed by atoms with Gasteiger partial charge in [-0.3, -0.25) is 4.79 Å². The topological polar surface area (TPSA) is 17.1 Å². The highest BCUT2D eigenvalue weighted by Crippen LogP contribution is 2.32. The summed E-state index contributed by atoms with van der Waals surface area (Å²) in [5, 5.41) is 0. The van der Waals surface area contributed by atoms with Gasteiger partial charge in [0.05, 0.1) is 0 Å². The second-order valence-corrected chi connectivity index (χ2v) is 5.81. The smallest absolute Gasteiger partial charge is 0.136 e. The Morgan fingerprint density at radius 3 is 2.58 bits per heavy atom. The molecule has 3 atom stereocenters. The summed E-state index contributed by atoms with van der Waals surface area (Å²) in [5.74, 6) is 1.67. The molecule has 3 unspecified atom stereocenters. The van der Waals surface area contributed by atoms with Crippen LogP contribution in [0, 0.1) is 17.8 Å². The van der Waals surface area contributed by atoms with Crippen molar-refractivity contribution in [3.05, 3.63) is 42.0 Å². The normalized spacial score (nSPS) is 23.5. The van der Waals surface area contributed by atoms with Crippen LogP contribution in [0.4, 0.5) is 0 Å². The zero-order chi connectivity index (χ0) is 13.7. The molecular weight excluding hydrogens is 232 g/mol. The molecule has 1 nitrogen and oxygen atoms in total. The third-order valence-electron chi connectivity index (χ3n) is 4.46. The highest BCUT2D eigenvalue weighted by atomic mass is 16.1. The van der Waals surface area contributed by atoms with Crippen LogP contribution in [0.3, 0.4) is 0 Å². The van der Waals surface area contributed by atoms with E-state index in [0.717, 1.165) is 19.3 Å². The summed E-state index contributed by atoms with van der Waals surface area (Å²) in [6.07, 6.45) is 8.62. The van der Waals surface area contributed by atoms with E-state index in [9.17, 15) is 4.79 Å². The maximum atomic E-state index is 12.0. The zero-order valence-electron chi connectivity index (χ0n) is 12.0. The summed E-state index contributed by atoms with van der Waals surface area (Å²) >= 11 is 0. The highest BCUT2D eigenvalue weighted by molar-refractivity contribution is 5.81. The molecule has 0 amide bonds. The number of hydrogen-bond acceptors (Lipinski definition) is 1. The number of allylic oxidation sites excluding steroid dienone is 1. The van der Waals surface area contributed by atoms with E-state index in [4.69, 9.17) is 0 Å². The first kappa shape index (κ1) is 14.0. The van der Waals surface area contributed by atoms with Crippen molar-refractivity contribution < 1.29 is 4.79 Å². The van der Waals surface area contributed by atoms with Crippen molar-refractivity contribution in [3.63, 3.8) is 0 Å². The first-order chi connectivity index (χ1) is 9.18. The minimum absolute atomic E-state index is 0.282. The molecule has 0 N–H and O–H groups in total. The summed E-state index contributed by atoms with van der Waals surface area (Å²) in [5.41, 5.74) is 1.23. The first-order valence-corrected chi connectivity index (χ1v) is 7.44. The van der Waals surface area contributed by atoms with Crippen LogP contribution in [-0.4, -0.2) is 5.78 Å². The van der Waals surface area contributed by atoms with Gasteiger partial charge in [0.25, 0.3) is 0 Å². The maximum Gasteiger partial charge on any atom is 0.136 e. The van der Waals surface area contributed by atoms with Crippen molar-refractivity contribution >= 4 is 11.9 Å². The molecule has 102 valence electrons. The molecule has 1 aliphatic carbocycles. The molecule has 0 bridgehead atoms. The van der Waals surface area contributed by atoms with Crippen molar-refractivity contribution in [3.8, 4) is 0 Å². The number of hydrogen-bond donors (Lipinski definition) is 0. The van der Waals surface area contributed by atoms with E-state index in [1.807, 2.05) is 6.07 Å². The lowest BCUT2D eigenvalue weighted by Crippen LogP contribution is -2.28. The third kappa shape index (κ3) is 3.79.